The molecule has 0 spiro atoms. The number of carbonyl (C=O) groups is 1. The first-order valence-corrected chi connectivity index (χ1v) is 10.4. The molecule has 1 amide bonds. The number of hydrogen-bond donors (Lipinski definition) is 1. The fourth-order valence-corrected chi connectivity index (χ4v) is 4.37. The first kappa shape index (κ1) is 17.9. The van der Waals surface area contributed by atoms with Crippen LogP contribution in [0, 0.1) is 5.82 Å². The van der Waals surface area contributed by atoms with Gasteiger partial charge in [-0.25, -0.2) is 22.9 Å². The molecule has 1 saturated heterocycles. The third-order valence-corrected chi connectivity index (χ3v) is 6.11. The standard InChI is InChI=1S/C16H15FN4O4S2/c17-10-1-2-11-13(9-10)26-16(19-11)21-7-5-20(6-8-21)15(22)12-3-4-14(25-12)27(18,23)24/h1-4,9H,5-8H2,(H2,18,23,24). The molecule has 4 rings (SSSR count). The molecule has 0 atom stereocenters. The van der Waals surface area contributed by atoms with Crippen molar-refractivity contribution in [3.8, 4) is 0 Å². The summed E-state index contributed by atoms with van der Waals surface area (Å²) in [6.07, 6.45) is 0. The zero-order valence-electron chi connectivity index (χ0n) is 14.0. The van der Waals surface area contributed by atoms with Gasteiger partial charge in [0.1, 0.15) is 5.82 Å². The van der Waals surface area contributed by atoms with Gasteiger partial charge in [-0.15, -0.1) is 0 Å². The van der Waals surface area contributed by atoms with Gasteiger partial charge >= 0.3 is 0 Å². The van der Waals surface area contributed by atoms with Crippen LogP contribution < -0.4 is 10.0 Å². The van der Waals surface area contributed by atoms with Crippen LogP contribution in [0.5, 0.6) is 0 Å². The van der Waals surface area contributed by atoms with Gasteiger partial charge in [0.15, 0.2) is 10.9 Å². The number of primary sulfonamides is 1. The number of sulfonamides is 1. The van der Waals surface area contributed by atoms with Gasteiger partial charge in [-0.2, -0.15) is 0 Å². The van der Waals surface area contributed by atoms with E-state index in [9.17, 15) is 17.6 Å². The molecule has 2 N–H and O–H groups in total. The number of amides is 1. The van der Waals surface area contributed by atoms with Crippen LogP contribution in [0.1, 0.15) is 10.6 Å². The first-order chi connectivity index (χ1) is 12.8. The Morgan fingerprint density at radius 2 is 1.93 bits per heavy atom. The summed E-state index contributed by atoms with van der Waals surface area (Å²) >= 11 is 1.40. The number of fused-ring (bicyclic) bond motifs is 1. The lowest BCUT2D eigenvalue weighted by atomic mass is 10.3. The molecule has 27 heavy (non-hydrogen) atoms. The van der Waals surface area contributed by atoms with Crippen molar-refractivity contribution in [3.05, 3.63) is 41.9 Å². The van der Waals surface area contributed by atoms with Crippen molar-refractivity contribution in [3.63, 3.8) is 0 Å². The van der Waals surface area contributed by atoms with Crippen molar-refractivity contribution < 1.29 is 22.0 Å². The van der Waals surface area contributed by atoms with Gasteiger partial charge in [-0.1, -0.05) is 11.3 Å². The summed E-state index contributed by atoms with van der Waals surface area (Å²) in [6.45, 7) is 1.96. The van der Waals surface area contributed by atoms with Crippen molar-refractivity contribution in [2.45, 2.75) is 5.09 Å². The van der Waals surface area contributed by atoms with Gasteiger partial charge in [-0.05, 0) is 30.3 Å². The first-order valence-electron chi connectivity index (χ1n) is 8.04. The Morgan fingerprint density at radius 3 is 2.59 bits per heavy atom. The predicted octanol–water partition coefficient (Wildman–Crippen LogP) is 1.64. The van der Waals surface area contributed by atoms with Crippen LogP contribution in [0.15, 0.2) is 39.8 Å². The topological polar surface area (TPSA) is 110 Å². The number of rotatable bonds is 3. The third kappa shape index (κ3) is 3.53. The normalized spacial score (nSPS) is 15.5. The maximum atomic E-state index is 13.3. The monoisotopic (exact) mass is 410 g/mol. The number of nitrogens with zero attached hydrogens (tertiary/aromatic N) is 3. The number of aromatic nitrogens is 1. The number of benzene rings is 1. The minimum Gasteiger partial charge on any atom is -0.438 e. The molecule has 0 aliphatic carbocycles. The zero-order valence-corrected chi connectivity index (χ0v) is 15.6. The van der Waals surface area contributed by atoms with E-state index in [0.29, 0.717) is 26.2 Å². The Morgan fingerprint density at radius 1 is 1.19 bits per heavy atom. The molecule has 11 heteroatoms. The molecule has 0 unspecified atom stereocenters. The van der Waals surface area contributed by atoms with Crippen LogP contribution in [-0.2, 0) is 10.0 Å². The number of anilines is 1. The lowest BCUT2D eigenvalue weighted by Gasteiger charge is -2.34. The van der Waals surface area contributed by atoms with Gasteiger partial charge < -0.3 is 14.2 Å². The summed E-state index contributed by atoms with van der Waals surface area (Å²) < 4.78 is 41.7. The largest absolute Gasteiger partial charge is 0.438 e. The van der Waals surface area contributed by atoms with Crippen molar-refractivity contribution in [1.82, 2.24) is 9.88 Å². The molecular formula is C16H15FN4O4S2. The lowest BCUT2D eigenvalue weighted by molar-refractivity contribution is 0.0709. The smallest absolute Gasteiger partial charge is 0.289 e. The van der Waals surface area contributed by atoms with E-state index in [0.717, 1.165) is 15.3 Å². The average molecular weight is 410 g/mol. The van der Waals surface area contributed by atoms with Crippen molar-refractivity contribution in [2.75, 3.05) is 31.1 Å². The Hall–Kier alpha value is -2.50. The second kappa shape index (κ2) is 6.59. The van der Waals surface area contributed by atoms with Crippen LogP contribution >= 0.6 is 11.3 Å². The van der Waals surface area contributed by atoms with E-state index in [2.05, 4.69) is 4.98 Å². The summed E-state index contributed by atoms with van der Waals surface area (Å²) in [6, 6.07) is 6.94. The highest BCUT2D eigenvalue weighted by Gasteiger charge is 2.26. The summed E-state index contributed by atoms with van der Waals surface area (Å²) in [5.41, 5.74) is 0.737. The van der Waals surface area contributed by atoms with Crippen molar-refractivity contribution >= 4 is 42.6 Å². The Balaban J connectivity index is 1.45. The van der Waals surface area contributed by atoms with E-state index in [1.807, 2.05) is 4.90 Å². The van der Waals surface area contributed by atoms with Gasteiger partial charge in [0.25, 0.3) is 15.9 Å². The highest BCUT2D eigenvalue weighted by Crippen LogP contribution is 2.30. The van der Waals surface area contributed by atoms with Crippen LogP contribution in [0.3, 0.4) is 0 Å². The van der Waals surface area contributed by atoms with Gasteiger partial charge in [0, 0.05) is 26.2 Å². The van der Waals surface area contributed by atoms with Gasteiger partial charge in [0.05, 0.1) is 10.2 Å². The quantitative estimate of drug-likeness (QED) is 0.703. The molecule has 8 nitrogen and oxygen atoms in total. The van der Waals surface area contributed by atoms with Crippen molar-refractivity contribution in [2.24, 2.45) is 5.14 Å². The Kier molecular flexibility index (Phi) is 4.36. The van der Waals surface area contributed by atoms with Crippen LogP contribution in [0.2, 0.25) is 0 Å². The number of hydrogen-bond acceptors (Lipinski definition) is 7. The lowest BCUT2D eigenvalue weighted by Crippen LogP contribution is -2.48. The SMILES string of the molecule is NS(=O)(=O)c1ccc(C(=O)N2CCN(c3nc4ccc(F)cc4s3)CC2)o1. The summed E-state index contributed by atoms with van der Waals surface area (Å²) in [7, 11) is -3.99. The molecule has 0 bridgehead atoms. The van der Waals surface area contributed by atoms with Crippen LogP contribution in [-0.4, -0.2) is 50.4 Å². The van der Waals surface area contributed by atoms with E-state index in [-0.39, 0.29) is 11.6 Å². The molecular weight excluding hydrogens is 395 g/mol. The molecule has 1 aliphatic heterocycles. The second-order valence-electron chi connectivity index (χ2n) is 6.05. The minimum absolute atomic E-state index is 0.0667. The van der Waals surface area contributed by atoms with Crippen molar-refractivity contribution in [1.29, 1.82) is 0 Å². The number of carbonyl (C=O) groups excluding carboxylic acids is 1. The molecule has 1 aromatic carbocycles. The van der Waals surface area contributed by atoms with E-state index in [4.69, 9.17) is 9.56 Å². The van der Waals surface area contributed by atoms with E-state index < -0.39 is 21.0 Å². The highest BCUT2D eigenvalue weighted by atomic mass is 32.2. The number of nitrogens with two attached hydrogens (primary N) is 1. The maximum absolute atomic E-state index is 13.3. The summed E-state index contributed by atoms with van der Waals surface area (Å²) in [5, 5.41) is 5.33. The van der Waals surface area contributed by atoms with E-state index in [1.165, 1.54) is 35.6 Å². The second-order valence-corrected chi connectivity index (χ2v) is 8.55. The number of halogens is 1. The van der Waals surface area contributed by atoms with Crippen LogP contribution in [0.25, 0.3) is 10.2 Å². The Labute approximate surface area is 158 Å². The molecule has 3 aromatic rings. The summed E-state index contributed by atoms with van der Waals surface area (Å²) in [4.78, 5) is 20.6. The molecule has 142 valence electrons. The molecule has 3 heterocycles. The van der Waals surface area contributed by atoms with E-state index in [1.54, 1.807) is 11.0 Å². The molecule has 1 fully saturated rings. The minimum atomic E-state index is -3.99. The Bertz CT molecular complexity index is 1120. The zero-order chi connectivity index (χ0) is 19.2. The highest BCUT2D eigenvalue weighted by molar-refractivity contribution is 7.89. The van der Waals surface area contributed by atoms with Crippen LogP contribution in [0.4, 0.5) is 9.52 Å². The maximum Gasteiger partial charge on any atom is 0.289 e. The van der Waals surface area contributed by atoms with Gasteiger partial charge in [-0.3, -0.25) is 4.79 Å². The van der Waals surface area contributed by atoms with E-state index >= 15 is 0 Å². The average Bonchev–Trinajstić information content (AvgIpc) is 3.28. The van der Waals surface area contributed by atoms with Gasteiger partial charge in [0.2, 0.25) is 5.09 Å². The fraction of sp³-hybridized carbons (Fsp3) is 0.250. The third-order valence-electron chi connectivity index (χ3n) is 4.25. The molecule has 2 aromatic heterocycles. The number of thiazole rings is 1. The molecule has 0 saturated carbocycles. The number of furan rings is 1. The predicted molar refractivity (Wildman–Crippen MR) is 97.8 cm³/mol. The number of piperazine rings is 1. The summed E-state index contributed by atoms with van der Waals surface area (Å²) in [5.74, 6) is -0.760. The fourth-order valence-electron chi connectivity index (χ4n) is 2.87. The molecule has 1 aliphatic rings. The molecule has 0 radical (unpaired) electrons.